The van der Waals surface area contributed by atoms with E-state index in [1.54, 1.807) is 11.3 Å². The minimum absolute atomic E-state index is 0.722. The molecule has 20 heavy (non-hydrogen) atoms. The lowest BCUT2D eigenvalue weighted by Gasteiger charge is -2.10. The summed E-state index contributed by atoms with van der Waals surface area (Å²) >= 11 is 1.67. The van der Waals surface area contributed by atoms with Gasteiger partial charge < -0.3 is 5.32 Å². The van der Waals surface area contributed by atoms with Crippen LogP contribution in [0.5, 0.6) is 0 Å². The smallest absolute Gasteiger partial charge is 0.134 e. The van der Waals surface area contributed by atoms with Gasteiger partial charge in [-0.15, -0.1) is 11.3 Å². The molecule has 0 bridgehead atoms. The Kier molecular flexibility index (Phi) is 5.20. The molecule has 108 valence electrons. The molecule has 0 amide bonds. The van der Waals surface area contributed by atoms with Gasteiger partial charge in [-0.3, -0.25) is 0 Å². The van der Waals surface area contributed by atoms with E-state index in [4.69, 9.17) is 0 Å². The Morgan fingerprint density at radius 3 is 2.35 bits per heavy atom. The van der Waals surface area contributed by atoms with Crippen LogP contribution in [0.3, 0.4) is 0 Å². The van der Waals surface area contributed by atoms with Crippen molar-refractivity contribution in [3.63, 3.8) is 0 Å². The van der Waals surface area contributed by atoms with Crippen molar-refractivity contribution in [2.45, 2.75) is 40.5 Å². The molecule has 0 spiro atoms. The van der Waals surface area contributed by atoms with Crippen LogP contribution in [0.4, 0.5) is 0 Å². The first kappa shape index (κ1) is 15.1. The van der Waals surface area contributed by atoms with Crippen LogP contribution in [0.2, 0.25) is 0 Å². The standard InChI is InChI=1S/C15H22N4S/c1-5-16-7-6-14-10(2)17-15(18-11(14)3)8-13-9-20-12(4)19-13/h9,16H,5-8H2,1-4H3. The van der Waals surface area contributed by atoms with Gasteiger partial charge in [-0.1, -0.05) is 6.92 Å². The van der Waals surface area contributed by atoms with Gasteiger partial charge in [0.05, 0.1) is 17.1 Å². The average Bonchev–Trinajstić information content (AvgIpc) is 2.78. The van der Waals surface area contributed by atoms with Crippen molar-refractivity contribution in [1.29, 1.82) is 0 Å². The minimum Gasteiger partial charge on any atom is -0.317 e. The number of likely N-dealkylation sites (N-methyl/N-ethyl adjacent to an activating group) is 1. The van der Waals surface area contributed by atoms with Crippen molar-refractivity contribution in [2.24, 2.45) is 0 Å². The van der Waals surface area contributed by atoms with Crippen LogP contribution >= 0.6 is 11.3 Å². The number of aromatic nitrogens is 3. The van der Waals surface area contributed by atoms with Crippen LogP contribution in [-0.2, 0) is 12.8 Å². The fourth-order valence-electron chi connectivity index (χ4n) is 2.29. The van der Waals surface area contributed by atoms with E-state index in [0.29, 0.717) is 0 Å². The highest BCUT2D eigenvalue weighted by Gasteiger charge is 2.10. The summed E-state index contributed by atoms with van der Waals surface area (Å²) in [6.45, 7) is 10.3. The van der Waals surface area contributed by atoms with E-state index in [-0.39, 0.29) is 0 Å². The first-order chi connectivity index (χ1) is 9.60. The van der Waals surface area contributed by atoms with Crippen molar-refractivity contribution >= 4 is 11.3 Å². The third kappa shape index (κ3) is 3.84. The molecule has 0 atom stereocenters. The maximum atomic E-state index is 4.64. The largest absolute Gasteiger partial charge is 0.317 e. The molecule has 4 nitrogen and oxygen atoms in total. The molecule has 0 aliphatic heterocycles. The summed E-state index contributed by atoms with van der Waals surface area (Å²) in [6, 6.07) is 0. The van der Waals surface area contributed by atoms with E-state index in [2.05, 4.69) is 46.4 Å². The molecule has 0 aliphatic carbocycles. The highest BCUT2D eigenvalue weighted by atomic mass is 32.1. The Bertz CT molecular complexity index is 554. The summed E-state index contributed by atoms with van der Waals surface area (Å²) in [5, 5.41) is 6.52. The molecule has 0 aromatic carbocycles. The molecule has 0 unspecified atom stereocenters. The number of nitrogens with zero attached hydrogens (tertiary/aromatic N) is 3. The molecule has 1 N–H and O–H groups in total. The lowest BCUT2D eigenvalue weighted by molar-refractivity contribution is 0.705. The van der Waals surface area contributed by atoms with Crippen molar-refractivity contribution in [2.75, 3.05) is 13.1 Å². The second-order valence-electron chi connectivity index (χ2n) is 4.93. The summed E-state index contributed by atoms with van der Waals surface area (Å²) in [5.74, 6) is 0.873. The number of rotatable bonds is 6. The Balaban J connectivity index is 2.12. The Morgan fingerprint density at radius 1 is 1.10 bits per heavy atom. The highest BCUT2D eigenvalue weighted by molar-refractivity contribution is 7.09. The van der Waals surface area contributed by atoms with Gasteiger partial charge in [-0.25, -0.2) is 15.0 Å². The monoisotopic (exact) mass is 290 g/mol. The van der Waals surface area contributed by atoms with E-state index in [9.17, 15) is 0 Å². The maximum Gasteiger partial charge on any atom is 0.134 e. The van der Waals surface area contributed by atoms with Gasteiger partial charge in [0.15, 0.2) is 0 Å². The van der Waals surface area contributed by atoms with Crippen LogP contribution in [-0.4, -0.2) is 28.0 Å². The second kappa shape index (κ2) is 6.90. The molecule has 0 saturated heterocycles. The Labute approximate surface area is 124 Å². The van der Waals surface area contributed by atoms with Gasteiger partial charge in [0.1, 0.15) is 5.82 Å². The van der Waals surface area contributed by atoms with Crippen LogP contribution in [0, 0.1) is 20.8 Å². The van der Waals surface area contributed by atoms with Gasteiger partial charge in [-0.05, 0) is 45.8 Å². The quantitative estimate of drug-likeness (QED) is 0.831. The zero-order valence-electron chi connectivity index (χ0n) is 12.7. The Hall–Kier alpha value is -1.33. The molecule has 0 saturated carbocycles. The predicted octanol–water partition coefficient (Wildman–Crippen LogP) is 2.60. The summed E-state index contributed by atoms with van der Waals surface area (Å²) in [4.78, 5) is 13.8. The molecular formula is C15H22N4S. The van der Waals surface area contributed by atoms with E-state index in [1.807, 2.05) is 6.92 Å². The zero-order chi connectivity index (χ0) is 14.5. The highest BCUT2D eigenvalue weighted by Crippen LogP contribution is 2.15. The number of nitrogens with one attached hydrogen (secondary N) is 1. The van der Waals surface area contributed by atoms with Gasteiger partial charge in [-0.2, -0.15) is 0 Å². The van der Waals surface area contributed by atoms with Crippen LogP contribution < -0.4 is 5.32 Å². The van der Waals surface area contributed by atoms with Crippen LogP contribution in [0.15, 0.2) is 5.38 Å². The zero-order valence-corrected chi connectivity index (χ0v) is 13.5. The van der Waals surface area contributed by atoms with Crippen molar-refractivity contribution in [1.82, 2.24) is 20.3 Å². The van der Waals surface area contributed by atoms with E-state index in [0.717, 1.165) is 53.8 Å². The number of hydrogen-bond donors (Lipinski definition) is 1. The average molecular weight is 290 g/mol. The topological polar surface area (TPSA) is 50.7 Å². The third-order valence-electron chi connectivity index (χ3n) is 3.27. The lowest BCUT2D eigenvalue weighted by Crippen LogP contribution is -2.18. The predicted molar refractivity (Wildman–Crippen MR) is 83.4 cm³/mol. The second-order valence-corrected chi connectivity index (χ2v) is 5.99. The first-order valence-electron chi connectivity index (χ1n) is 7.05. The number of hydrogen-bond acceptors (Lipinski definition) is 5. The van der Waals surface area contributed by atoms with E-state index in [1.165, 1.54) is 5.56 Å². The van der Waals surface area contributed by atoms with Crippen LogP contribution in [0.25, 0.3) is 0 Å². The fourth-order valence-corrected chi connectivity index (χ4v) is 2.90. The van der Waals surface area contributed by atoms with Gasteiger partial charge in [0.2, 0.25) is 0 Å². The SMILES string of the molecule is CCNCCc1c(C)nc(Cc2csc(C)n2)nc1C. The number of aryl methyl sites for hydroxylation is 3. The van der Waals surface area contributed by atoms with Gasteiger partial charge in [0.25, 0.3) is 0 Å². The normalized spacial score (nSPS) is 11.0. The molecule has 2 heterocycles. The molecule has 2 aromatic heterocycles. The summed E-state index contributed by atoms with van der Waals surface area (Å²) in [7, 11) is 0. The molecule has 2 rings (SSSR count). The fraction of sp³-hybridized carbons (Fsp3) is 0.533. The molecule has 0 fully saturated rings. The van der Waals surface area contributed by atoms with Crippen molar-refractivity contribution < 1.29 is 0 Å². The molecule has 2 aromatic rings. The molecular weight excluding hydrogens is 268 g/mol. The van der Waals surface area contributed by atoms with E-state index >= 15 is 0 Å². The van der Waals surface area contributed by atoms with Crippen molar-refractivity contribution in [3.05, 3.63) is 38.9 Å². The maximum absolute atomic E-state index is 4.64. The molecule has 0 radical (unpaired) electrons. The molecule has 0 aliphatic rings. The summed E-state index contributed by atoms with van der Waals surface area (Å²) < 4.78 is 0. The third-order valence-corrected chi connectivity index (χ3v) is 4.10. The lowest BCUT2D eigenvalue weighted by atomic mass is 10.1. The minimum atomic E-state index is 0.722. The first-order valence-corrected chi connectivity index (χ1v) is 7.92. The summed E-state index contributed by atoms with van der Waals surface area (Å²) in [5.41, 5.74) is 4.52. The Morgan fingerprint density at radius 2 is 1.80 bits per heavy atom. The summed E-state index contributed by atoms with van der Waals surface area (Å²) in [6.07, 6.45) is 1.71. The molecule has 5 heteroatoms. The van der Waals surface area contributed by atoms with E-state index < -0.39 is 0 Å². The van der Waals surface area contributed by atoms with Crippen LogP contribution in [0.1, 0.15) is 40.4 Å². The van der Waals surface area contributed by atoms with Crippen molar-refractivity contribution in [3.8, 4) is 0 Å². The number of thiazole rings is 1. The van der Waals surface area contributed by atoms with Gasteiger partial charge in [0, 0.05) is 16.8 Å². The van der Waals surface area contributed by atoms with Gasteiger partial charge >= 0.3 is 0 Å².